The Morgan fingerprint density at radius 1 is 1.53 bits per heavy atom. The van der Waals surface area contributed by atoms with Gasteiger partial charge in [-0.2, -0.15) is 0 Å². The van der Waals surface area contributed by atoms with Crippen LogP contribution in [0.4, 0.5) is 5.69 Å². The van der Waals surface area contributed by atoms with Gasteiger partial charge in [0.05, 0.1) is 0 Å². The lowest BCUT2D eigenvalue weighted by atomic mass is 10.1. The topological polar surface area (TPSA) is 46.3 Å². The second-order valence-electron chi connectivity index (χ2n) is 4.61. The van der Waals surface area contributed by atoms with Crippen LogP contribution in [-0.4, -0.2) is 18.5 Å². The Hall–Kier alpha value is -1.06. The van der Waals surface area contributed by atoms with E-state index in [1.807, 2.05) is 17.9 Å². The van der Waals surface area contributed by atoms with Crippen molar-refractivity contribution in [2.24, 2.45) is 5.73 Å². The van der Waals surface area contributed by atoms with Crippen molar-refractivity contribution in [3.8, 4) is 0 Å². The van der Waals surface area contributed by atoms with Crippen LogP contribution in [0.5, 0.6) is 0 Å². The molecule has 1 atom stereocenters. The average Bonchev–Trinajstić information content (AvgIpc) is 2.59. The van der Waals surface area contributed by atoms with Crippen LogP contribution in [0.2, 0.25) is 0 Å². The first-order chi connectivity index (χ1) is 7.58. The van der Waals surface area contributed by atoms with Gasteiger partial charge in [-0.25, -0.2) is 0 Å². The third kappa shape index (κ3) is 2.99. The third-order valence-electron chi connectivity index (χ3n) is 2.93. The molecule has 0 aliphatic carbocycles. The standard InChI is InChI=1S/C13H18N2O.ClH/c1-9-3-4-12-11(7-9)5-6-15(12)13(16)8-10(2)14;/h3-4,7,10H,5-6,8,14H2,1-2H3;1H. The van der Waals surface area contributed by atoms with Gasteiger partial charge in [-0.3, -0.25) is 4.79 Å². The summed E-state index contributed by atoms with van der Waals surface area (Å²) in [5, 5.41) is 0. The second-order valence-corrected chi connectivity index (χ2v) is 4.61. The lowest BCUT2D eigenvalue weighted by Gasteiger charge is -2.18. The van der Waals surface area contributed by atoms with Gasteiger partial charge in [-0.05, 0) is 31.9 Å². The second kappa shape index (κ2) is 5.52. The van der Waals surface area contributed by atoms with Gasteiger partial charge in [-0.15, -0.1) is 12.4 Å². The normalized spacial score (nSPS) is 15.1. The van der Waals surface area contributed by atoms with Crippen LogP contribution in [0.3, 0.4) is 0 Å². The van der Waals surface area contributed by atoms with Crippen LogP contribution >= 0.6 is 12.4 Å². The number of nitrogens with two attached hydrogens (primary N) is 1. The minimum Gasteiger partial charge on any atom is -0.327 e. The van der Waals surface area contributed by atoms with Crippen molar-refractivity contribution in [2.75, 3.05) is 11.4 Å². The van der Waals surface area contributed by atoms with Gasteiger partial charge in [0, 0.05) is 24.7 Å². The summed E-state index contributed by atoms with van der Waals surface area (Å²) in [7, 11) is 0. The van der Waals surface area contributed by atoms with Gasteiger partial charge in [-0.1, -0.05) is 17.7 Å². The number of aryl methyl sites for hydroxylation is 1. The Morgan fingerprint density at radius 2 is 2.24 bits per heavy atom. The van der Waals surface area contributed by atoms with Crippen LogP contribution in [-0.2, 0) is 11.2 Å². The molecule has 17 heavy (non-hydrogen) atoms. The van der Waals surface area contributed by atoms with E-state index in [1.165, 1.54) is 11.1 Å². The van der Waals surface area contributed by atoms with Crippen molar-refractivity contribution in [1.29, 1.82) is 0 Å². The van der Waals surface area contributed by atoms with Crippen LogP contribution in [0.15, 0.2) is 18.2 Å². The average molecular weight is 255 g/mol. The Balaban J connectivity index is 0.00000144. The molecule has 1 aromatic rings. The van der Waals surface area contributed by atoms with Crippen LogP contribution in [0.1, 0.15) is 24.5 Å². The number of carbonyl (C=O) groups is 1. The number of fused-ring (bicyclic) bond motifs is 1. The van der Waals surface area contributed by atoms with E-state index in [-0.39, 0.29) is 24.4 Å². The number of hydrogen-bond donors (Lipinski definition) is 1. The van der Waals surface area contributed by atoms with E-state index in [0.717, 1.165) is 18.7 Å². The van der Waals surface area contributed by atoms with Crippen molar-refractivity contribution >= 4 is 24.0 Å². The maximum Gasteiger partial charge on any atom is 0.228 e. The maximum absolute atomic E-state index is 11.9. The summed E-state index contributed by atoms with van der Waals surface area (Å²) < 4.78 is 0. The zero-order valence-corrected chi connectivity index (χ0v) is 11.1. The summed E-state index contributed by atoms with van der Waals surface area (Å²) in [6.45, 7) is 4.74. The molecule has 2 N–H and O–H groups in total. The first-order valence-corrected chi connectivity index (χ1v) is 5.73. The van der Waals surface area contributed by atoms with Crippen molar-refractivity contribution in [3.05, 3.63) is 29.3 Å². The number of anilines is 1. The fraction of sp³-hybridized carbons (Fsp3) is 0.462. The van der Waals surface area contributed by atoms with E-state index in [4.69, 9.17) is 5.73 Å². The summed E-state index contributed by atoms with van der Waals surface area (Å²) in [5.74, 6) is 0.137. The summed E-state index contributed by atoms with van der Waals surface area (Å²) in [6, 6.07) is 6.18. The van der Waals surface area contributed by atoms with Crippen molar-refractivity contribution in [1.82, 2.24) is 0 Å². The number of rotatable bonds is 2. The molecule has 0 saturated carbocycles. The molecule has 2 rings (SSSR count). The summed E-state index contributed by atoms with van der Waals surface area (Å²) in [6.07, 6.45) is 1.38. The van der Waals surface area contributed by atoms with E-state index in [0.29, 0.717) is 6.42 Å². The fourth-order valence-electron chi connectivity index (χ4n) is 2.18. The first kappa shape index (κ1) is 14.0. The molecule has 1 heterocycles. The van der Waals surface area contributed by atoms with Crippen LogP contribution in [0, 0.1) is 6.92 Å². The monoisotopic (exact) mass is 254 g/mol. The Morgan fingerprint density at radius 3 is 2.88 bits per heavy atom. The lowest BCUT2D eigenvalue weighted by Crippen LogP contribution is -2.33. The number of carbonyl (C=O) groups excluding carboxylic acids is 1. The van der Waals surface area contributed by atoms with Gasteiger partial charge in [0.1, 0.15) is 0 Å². The Kier molecular flexibility index (Phi) is 4.54. The maximum atomic E-state index is 11.9. The van der Waals surface area contributed by atoms with E-state index in [9.17, 15) is 4.79 Å². The Bertz CT molecular complexity index is 418. The minimum atomic E-state index is -0.0676. The summed E-state index contributed by atoms with van der Waals surface area (Å²) in [4.78, 5) is 13.8. The highest BCUT2D eigenvalue weighted by Gasteiger charge is 2.24. The molecule has 1 unspecified atom stereocenters. The molecule has 0 saturated heterocycles. The van der Waals surface area contributed by atoms with Gasteiger partial charge >= 0.3 is 0 Å². The van der Waals surface area contributed by atoms with Gasteiger partial charge in [0.2, 0.25) is 5.91 Å². The lowest BCUT2D eigenvalue weighted by molar-refractivity contribution is -0.118. The molecular formula is C13H19ClN2O. The molecule has 1 aliphatic rings. The van der Waals surface area contributed by atoms with E-state index in [1.54, 1.807) is 0 Å². The number of nitrogens with zero attached hydrogens (tertiary/aromatic N) is 1. The molecule has 1 aromatic carbocycles. The zero-order valence-electron chi connectivity index (χ0n) is 10.3. The first-order valence-electron chi connectivity index (χ1n) is 5.73. The predicted molar refractivity (Wildman–Crippen MR) is 72.8 cm³/mol. The number of benzene rings is 1. The fourth-order valence-corrected chi connectivity index (χ4v) is 2.18. The molecule has 3 nitrogen and oxygen atoms in total. The smallest absolute Gasteiger partial charge is 0.228 e. The summed E-state index contributed by atoms with van der Waals surface area (Å²) >= 11 is 0. The number of halogens is 1. The molecule has 1 amide bonds. The van der Waals surface area contributed by atoms with E-state index < -0.39 is 0 Å². The molecule has 0 aromatic heterocycles. The molecule has 0 bridgehead atoms. The van der Waals surface area contributed by atoms with Crippen molar-refractivity contribution in [2.45, 2.75) is 32.7 Å². The highest BCUT2D eigenvalue weighted by Crippen LogP contribution is 2.29. The molecule has 0 radical (unpaired) electrons. The van der Waals surface area contributed by atoms with Gasteiger partial charge < -0.3 is 10.6 Å². The number of amides is 1. The highest BCUT2D eigenvalue weighted by atomic mass is 35.5. The van der Waals surface area contributed by atoms with E-state index >= 15 is 0 Å². The molecular weight excluding hydrogens is 236 g/mol. The molecule has 0 fully saturated rings. The van der Waals surface area contributed by atoms with E-state index in [2.05, 4.69) is 19.1 Å². The quantitative estimate of drug-likeness (QED) is 0.878. The molecule has 1 aliphatic heterocycles. The Labute approximate surface area is 108 Å². The van der Waals surface area contributed by atoms with Crippen molar-refractivity contribution in [3.63, 3.8) is 0 Å². The molecule has 4 heteroatoms. The number of hydrogen-bond acceptors (Lipinski definition) is 2. The highest BCUT2D eigenvalue weighted by molar-refractivity contribution is 5.95. The van der Waals surface area contributed by atoms with Gasteiger partial charge in [0.25, 0.3) is 0 Å². The SMILES string of the molecule is Cc1ccc2c(c1)CCN2C(=O)CC(C)N.Cl. The predicted octanol–water partition coefficient (Wildman–Crippen LogP) is 2.04. The van der Waals surface area contributed by atoms with Gasteiger partial charge in [0.15, 0.2) is 0 Å². The molecule has 94 valence electrons. The summed E-state index contributed by atoms with van der Waals surface area (Å²) in [5.41, 5.74) is 9.25. The zero-order chi connectivity index (χ0) is 11.7. The van der Waals surface area contributed by atoms with Crippen LogP contribution in [0.25, 0.3) is 0 Å². The van der Waals surface area contributed by atoms with Crippen molar-refractivity contribution < 1.29 is 4.79 Å². The molecule has 0 spiro atoms. The minimum absolute atomic E-state index is 0. The third-order valence-corrected chi connectivity index (χ3v) is 2.93. The largest absolute Gasteiger partial charge is 0.327 e. The van der Waals surface area contributed by atoms with Crippen LogP contribution < -0.4 is 10.6 Å².